The molecule has 26 heavy (non-hydrogen) atoms. The zero-order valence-electron chi connectivity index (χ0n) is 14.1. The third-order valence-electron chi connectivity index (χ3n) is 4.40. The molecule has 3 heterocycles. The van der Waals surface area contributed by atoms with Gasteiger partial charge in [-0.1, -0.05) is 11.6 Å². The molecule has 0 saturated heterocycles. The summed E-state index contributed by atoms with van der Waals surface area (Å²) < 4.78 is 9.22. The van der Waals surface area contributed by atoms with Crippen LogP contribution in [0.5, 0.6) is 0 Å². The molecule has 8 nitrogen and oxygen atoms in total. The van der Waals surface area contributed by atoms with Gasteiger partial charge < -0.3 is 4.42 Å². The highest BCUT2D eigenvalue weighted by Gasteiger charge is 2.22. The van der Waals surface area contributed by atoms with Crippen LogP contribution in [0, 0.1) is 0 Å². The van der Waals surface area contributed by atoms with Gasteiger partial charge in [0, 0.05) is 31.7 Å². The molecule has 0 aliphatic heterocycles. The number of aromatic nitrogens is 4. The lowest BCUT2D eigenvalue weighted by molar-refractivity contribution is 0.619. The van der Waals surface area contributed by atoms with E-state index >= 15 is 0 Å². The summed E-state index contributed by atoms with van der Waals surface area (Å²) in [6.45, 7) is 0. The summed E-state index contributed by atoms with van der Waals surface area (Å²) in [6.07, 6.45) is 0. The number of hydrogen-bond acceptors (Lipinski definition) is 5. The molecule has 4 rings (SSSR count). The second-order valence-corrected chi connectivity index (χ2v) is 6.41. The van der Waals surface area contributed by atoms with E-state index in [0.717, 1.165) is 4.57 Å². The van der Waals surface area contributed by atoms with Gasteiger partial charge in [-0.05, 0) is 24.3 Å². The Kier molecular flexibility index (Phi) is 3.42. The summed E-state index contributed by atoms with van der Waals surface area (Å²) in [5.74, 6) is 0.192. The monoisotopic (exact) mass is 372 g/mol. The minimum absolute atomic E-state index is 0.0284. The molecular formula is C17H13ClN4O4. The lowest BCUT2D eigenvalue weighted by Crippen LogP contribution is -2.39. The number of aryl methyl sites for hydroxylation is 2. The van der Waals surface area contributed by atoms with Gasteiger partial charge in [-0.25, -0.2) is 9.78 Å². The molecular weight excluding hydrogens is 360 g/mol. The van der Waals surface area contributed by atoms with Crippen molar-refractivity contribution in [1.29, 1.82) is 0 Å². The van der Waals surface area contributed by atoms with Crippen LogP contribution in [0.25, 0.3) is 33.6 Å². The molecule has 0 bridgehead atoms. The largest absolute Gasteiger partial charge is 0.435 e. The maximum absolute atomic E-state index is 12.7. The molecule has 0 N–H and O–H groups in total. The predicted octanol–water partition coefficient (Wildman–Crippen LogP) is 1.40. The van der Waals surface area contributed by atoms with E-state index in [9.17, 15) is 14.4 Å². The van der Waals surface area contributed by atoms with E-state index in [1.165, 1.54) is 30.3 Å². The van der Waals surface area contributed by atoms with Gasteiger partial charge in [-0.3, -0.25) is 23.3 Å². The molecule has 0 radical (unpaired) electrons. The van der Waals surface area contributed by atoms with Crippen molar-refractivity contribution in [2.45, 2.75) is 0 Å². The number of benzene rings is 1. The van der Waals surface area contributed by atoms with Crippen molar-refractivity contribution < 1.29 is 4.42 Å². The smallest absolute Gasteiger partial charge is 0.332 e. The lowest BCUT2D eigenvalue weighted by atomic mass is 10.2. The molecule has 1 aromatic carbocycles. The molecule has 0 saturated carbocycles. The van der Waals surface area contributed by atoms with Gasteiger partial charge >= 0.3 is 5.69 Å². The predicted molar refractivity (Wildman–Crippen MR) is 97.7 cm³/mol. The standard InChI is InChI=1S/C17H13ClN4O4/c1-20-14-10(15(23)22(3)17(25)21(14)2)12-11(16(20)24)19-13(26-12)8-4-6-9(18)7-5-8/h4-7H,1-3H3. The van der Waals surface area contributed by atoms with Crippen molar-refractivity contribution in [3.8, 4) is 11.5 Å². The van der Waals surface area contributed by atoms with Crippen molar-refractivity contribution >= 4 is 33.7 Å². The first-order valence-electron chi connectivity index (χ1n) is 7.66. The van der Waals surface area contributed by atoms with Gasteiger partial charge in [0.15, 0.2) is 11.1 Å². The van der Waals surface area contributed by atoms with Gasteiger partial charge in [-0.2, -0.15) is 0 Å². The Morgan fingerprint density at radius 3 is 2.23 bits per heavy atom. The fourth-order valence-corrected chi connectivity index (χ4v) is 3.16. The van der Waals surface area contributed by atoms with Crippen molar-refractivity contribution in [3.05, 3.63) is 60.5 Å². The van der Waals surface area contributed by atoms with Gasteiger partial charge in [0.05, 0.1) is 0 Å². The van der Waals surface area contributed by atoms with Crippen molar-refractivity contribution in [1.82, 2.24) is 18.7 Å². The number of rotatable bonds is 1. The Morgan fingerprint density at radius 2 is 1.58 bits per heavy atom. The van der Waals surface area contributed by atoms with Crippen LogP contribution < -0.4 is 16.8 Å². The first-order valence-corrected chi connectivity index (χ1v) is 8.04. The third-order valence-corrected chi connectivity index (χ3v) is 4.66. The Hall–Kier alpha value is -3.13. The summed E-state index contributed by atoms with van der Waals surface area (Å²) in [7, 11) is 4.35. The Bertz CT molecular complexity index is 1370. The topological polar surface area (TPSA) is 92.0 Å². The van der Waals surface area contributed by atoms with Crippen LogP contribution in [-0.2, 0) is 21.1 Å². The molecule has 4 aromatic rings. The molecule has 3 aromatic heterocycles. The van der Waals surface area contributed by atoms with Crippen LogP contribution in [-0.4, -0.2) is 18.7 Å². The second-order valence-electron chi connectivity index (χ2n) is 5.97. The van der Waals surface area contributed by atoms with E-state index in [-0.39, 0.29) is 28.0 Å². The molecule has 9 heteroatoms. The van der Waals surface area contributed by atoms with Crippen molar-refractivity contribution in [2.75, 3.05) is 0 Å². The SMILES string of the molecule is Cn1c(=O)c2c3oc(-c4ccc(Cl)cc4)nc3c(=O)n(C)c2n(C)c1=O. The zero-order chi connectivity index (χ0) is 18.7. The van der Waals surface area contributed by atoms with Crippen LogP contribution in [0.3, 0.4) is 0 Å². The van der Waals surface area contributed by atoms with Gasteiger partial charge in [0.1, 0.15) is 11.0 Å². The molecule has 0 amide bonds. The Balaban J connectivity index is 2.23. The van der Waals surface area contributed by atoms with E-state index in [2.05, 4.69) is 4.98 Å². The van der Waals surface area contributed by atoms with E-state index in [1.807, 2.05) is 0 Å². The van der Waals surface area contributed by atoms with E-state index in [1.54, 1.807) is 24.3 Å². The minimum Gasteiger partial charge on any atom is -0.435 e. The molecule has 132 valence electrons. The quantitative estimate of drug-likeness (QED) is 0.503. The van der Waals surface area contributed by atoms with E-state index in [4.69, 9.17) is 16.0 Å². The van der Waals surface area contributed by atoms with Crippen molar-refractivity contribution in [2.24, 2.45) is 21.1 Å². The van der Waals surface area contributed by atoms with Gasteiger partial charge in [0.2, 0.25) is 5.89 Å². The first-order chi connectivity index (χ1) is 12.3. The molecule has 0 aliphatic rings. The minimum atomic E-state index is -0.553. The lowest BCUT2D eigenvalue weighted by Gasteiger charge is -2.10. The Morgan fingerprint density at radius 1 is 0.923 bits per heavy atom. The number of nitrogens with zero attached hydrogens (tertiary/aromatic N) is 4. The number of hydrogen-bond donors (Lipinski definition) is 0. The van der Waals surface area contributed by atoms with Crippen LogP contribution in [0.15, 0.2) is 43.1 Å². The number of pyridine rings is 1. The zero-order valence-corrected chi connectivity index (χ0v) is 14.9. The summed E-state index contributed by atoms with van der Waals surface area (Å²) in [5, 5.41) is 0.675. The number of halogens is 1. The van der Waals surface area contributed by atoms with Crippen LogP contribution in [0.1, 0.15) is 0 Å². The summed E-state index contributed by atoms with van der Waals surface area (Å²) in [5.41, 5.74) is -0.668. The maximum atomic E-state index is 12.7. The normalized spacial score (nSPS) is 11.5. The van der Waals surface area contributed by atoms with Gasteiger partial charge in [-0.15, -0.1) is 0 Å². The summed E-state index contributed by atoms with van der Waals surface area (Å²) in [4.78, 5) is 41.9. The van der Waals surface area contributed by atoms with E-state index in [0.29, 0.717) is 10.6 Å². The van der Waals surface area contributed by atoms with Crippen molar-refractivity contribution in [3.63, 3.8) is 0 Å². The highest BCUT2D eigenvalue weighted by Crippen LogP contribution is 2.26. The molecule has 0 unspecified atom stereocenters. The maximum Gasteiger partial charge on any atom is 0.332 e. The average molecular weight is 373 g/mol. The first kappa shape index (κ1) is 16.3. The number of oxazole rings is 1. The van der Waals surface area contributed by atoms with Gasteiger partial charge in [0.25, 0.3) is 11.1 Å². The summed E-state index contributed by atoms with van der Waals surface area (Å²) >= 11 is 5.89. The molecule has 0 spiro atoms. The second kappa shape index (κ2) is 5.43. The fraction of sp³-hybridized carbons (Fsp3) is 0.176. The number of fused-ring (bicyclic) bond motifs is 3. The van der Waals surface area contributed by atoms with Crippen LogP contribution in [0.2, 0.25) is 5.02 Å². The molecule has 0 fully saturated rings. The third kappa shape index (κ3) is 2.08. The highest BCUT2D eigenvalue weighted by molar-refractivity contribution is 6.30. The van der Waals surface area contributed by atoms with E-state index < -0.39 is 16.8 Å². The fourth-order valence-electron chi connectivity index (χ4n) is 3.03. The average Bonchev–Trinajstić information content (AvgIpc) is 3.07. The van der Waals surface area contributed by atoms with Crippen LogP contribution in [0.4, 0.5) is 0 Å². The Labute approximate surface area is 150 Å². The van der Waals surface area contributed by atoms with Crippen LogP contribution >= 0.6 is 11.6 Å². The molecule has 0 atom stereocenters. The summed E-state index contributed by atoms with van der Waals surface area (Å²) in [6, 6.07) is 6.75. The molecule has 0 aliphatic carbocycles. The highest BCUT2D eigenvalue weighted by atomic mass is 35.5.